The summed E-state index contributed by atoms with van der Waals surface area (Å²) in [6.07, 6.45) is 3.13. The summed E-state index contributed by atoms with van der Waals surface area (Å²) in [6, 6.07) is 8.89. The summed E-state index contributed by atoms with van der Waals surface area (Å²) in [5, 5.41) is 12.2. The van der Waals surface area contributed by atoms with Gasteiger partial charge >= 0.3 is 0 Å². The highest BCUT2D eigenvalue weighted by atomic mass is 16.5. The molecule has 0 bridgehead atoms. The fourth-order valence-electron chi connectivity index (χ4n) is 3.46. The molecular formula is C19H30N2O3. The first kappa shape index (κ1) is 18.7. The summed E-state index contributed by atoms with van der Waals surface area (Å²) in [5.41, 5.74) is 2.09. The van der Waals surface area contributed by atoms with Crippen LogP contribution in [0.3, 0.4) is 0 Å². The molecule has 2 rings (SSSR count). The van der Waals surface area contributed by atoms with E-state index in [1.54, 1.807) is 7.11 Å². The summed E-state index contributed by atoms with van der Waals surface area (Å²) in [7, 11) is 1.61. The minimum atomic E-state index is -0.522. The highest BCUT2D eigenvalue weighted by Crippen LogP contribution is 2.30. The zero-order chi connectivity index (χ0) is 17.6. The summed E-state index contributed by atoms with van der Waals surface area (Å²) in [6.45, 7) is 5.24. The van der Waals surface area contributed by atoms with Crippen molar-refractivity contribution < 1.29 is 14.6 Å². The van der Waals surface area contributed by atoms with Crippen LogP contribution in [0.15, 0.2) is 24.3 Å². The first-order valence-corrected chi connectivity index (χ1v) is 8.74. The van der Waals surface area contributed by atoms with E-state index in [0.29, 0.717) is 32.0 Å². The van der Waals surface area contributed by atoms with Gasteiger partial charge in [-0.05, 0) is 44.7 Å². The number of para-hydroxylation sites is 1. The number of anilines is 1. The van der Waals surface area contributed by atoms with Crippen LogP contribution in [0.1, 0.15) is 38.7 Å². The number of aliphatic hydroxyl groups is 1. The summed E-state index contributed by atoms with van der Waals surface area (Å²) in [4.78, 5) is 14.7. The number of benzene rings is 1. The number of hydrogen-bond donors (Lipinski definition) is 2. The normalized spacial score (nSPS) is 19.5. The average Bonchev–Trinajstić information content (AvgIpc) is 2.54. The second-order valence-electron chi connectivity index (χ2n) is 6.98. The third-order valence-electron chi connectivity index (χ3n) is 4.81. The third-order valence-corrected chi connectivity index (χ3v) is 4.81. The molecule has 0 aliphatic carbocycles. The van der Waals surface area contributed by atoms with Crippen LogP contribution in [-0.4, -0.2) is 49.5 Å². The number of amides is 1. The van der Waals surface area contributed by atoms with E-state index in [-0.39, 0.29) is 12.5 Å². The van der Waals surface area contributed by atoms with Crippen LogP contribution in [0.25, 0.3) is 0 Å². The van der Waals surface area contributed by atoms with Crippen LogP contribution in [0.2, 0.25) is 0 Å². The minimum absolute atomic E-state index is 0.00162. The number of nitrogens with zero attached hydrogens (tertiary/aromatic N) is 1. The molecule has 0 aromatic heterocycles. The van der Waals surface area contributed by atoms with Gasteiger partial charge < -0.3 is 20.1 Å². The van der Waals surface area contributed by atoms with E-state index in [1.807, 2.05) is 6.92 Å². The third kappa shape index (κ3) is 4.71. The standard InChI is InChI=1S/C19H30N2O3/c1-15-8-9-16-6-4-5-7-17(16)21(15)12-10-18(23)20-19(2,11-13-22)14-24-3/h4-7,15,22H,8-14H2,1-3H3,(H,20,23). The van der Waals surface area contributed by atoms with Gasteiger partial charge in [-0.2, -0.15) is 0 Å². The summed E-state index contributed by atoms with van der Waals surface area (Å²) in [5.74, 6) is -0.00162. The van der Waals surface area contributed by atoms with Crippen molar-refractivity contribution in [1.82, 2.24) is 5.32 Å². The van der Waals surface area contributed by atoms with E-state index in [2.05, 4.69) is 41.4 Å². The Labute approximate surface area is 145 Å². The highest BCUT2D eigenvalue weighted by molar-refractivity contribution is 5.77. The zero-order valence-corrected chi connectivity index (χ0v) is 15.0. The van der Waals surface area contributed by atoms with Crippen molar-refractivity contribution in [3.05, 3.63) is 29.8 Å². The van der Waals surface area contributed by atoms with Crippen molar-refractivity contribution in [1.29, 1.82) is 0 Å². The molecule has 2 N–H and O–H groups in total. The molecule has 0 saturated heterocycles. The molecule has 0 saturated carbocycles. The van der Waals surface area contributed by atoms with E-state index in [0.717, 1.165) is 12.8 Å². The lowest BCUT2D eigenvalue weighted by Crippen LogP contribution is -2.51. The van der Waals surface area contributed by atoms with Crippen molar-refractivity contribution in [2.45, 2.75) is 51.1 Å². The SMILES string of the molecule is COCC(C)(CCO)NC(=O)CCN1c2ccccc2CCC1C. The van der Waals surface area contributed by atoms with Crippen LogP contribution in [0.5, 0.6) is 0 Å². The molecule has 1 aliphatic heterocycles. The van der Waals surface area contributed by atoms with Gasteiger partial charge in [0.05, 0.1) is 12.1 Å². The van der Waals surface area contributed by atoms with E-state index >= 15 is 0 Å². The molecule has 0 fully saturated rings. The van der Waals surface area contributed by atoms with E-state index < -0.39 is 5.54 Å². The lowest BCUT2D eigenvalue weighted by molar-refractivity contribution is -0.123. The maximum absolute atomic E-state index is 12.4. The molecule has 1 aliphatic rings. The number of carbonyl (C=O) groups excluding carboxylic acids is 1. The maximum Gasteiger partial charge on any atom is 0.222 e. The van der Waals surface area contributed by atoms with Crippen LogP contribution >= 0.6 is 0 Å². The Morgan fingerprint density at radius 2 is 2.21 bits per heavy atom. The highest BCUT2D eigenvalue weighted by Gasteiger charge is 2.27. The van der Waals surface area contributed by atoms with Gasteiger partial charge in [0, 0.05) is 38.4 Å². The van der Waals surface area contributed by atoms with Gasteiger partial charge in [0.25, 0.3) is 0 Å². The van der Waals surface area contributed by atoms with Gasteiger partial charge in [0.1, 0.15) is 0 Å². The fraction of sp³-hybridized carbons (Fsp3) is 0.632. The number of ether oxygens (including phenoxy) is 1. The maximum atomic E-state index is 12.4. The van der Waals surface area contributed by atoms with Gasteiger partial charge in [-0.1, -0.05) is 18.2 Å². The number of fused-ring (bicyclic) bond motifs is 1. The van der Waals surface area contributed by atoms with Gasteiger partial charge in [0.15, 0.2) is 0 Å². The molecule has 2 unspecified atom stereocenters. The fourth-order valence-corrected chi connectivity index (χ4v) is 3.46. The lowest BCUT2D eigenvalue weighted by atomic mass is 9.96. The van der Waals surface area contributed by atoms with Crippen LogP contribution in [-0.2, 0) is 16.0 Å². The first-order valence-electron chi connectivity index (χ1n) is 8.74. The Kier molecular flexibility index (Phi) is 6.63. The number of aliphatic hydroxyl groups excluding tert-OH is 1. The van der Waals surface area contributed by atoms with Crippen molar-refractivity contribution in [2.75, 3.05) is 31.8 Å². The average molecular weight is 334 g/mol. The largest absolute Gasteiger partial charge is 0.396 e. The molecule has 0 radical (unpaired) electrons. The molecule has 1 aromatic rings. The quantitative estimate of drug-likeness (QED) is 0.764. The predicted molar refractivity (Wildman–Crippen MR) is 96.3 cm³/mol. The minimum Gasteiger partial charge on any atom is -0.396 e. The molecule has 0 spiro atoms. The van der Waals surface area contributed by atoms with Gasteiger partial charge in [-0.15, -0.1) is 0 Å². The molecule has 5 heteroatoms. The monoisotopic (exact) mass is 334 g/mol. The van der Waals surface area contributed by atoms with E-state index in [4.69, 9.17) is 4.74 Å². The van der Waals surface area contributed by atoms with E-state index in [9.17, 15) is 9.90 Å². The van der Waals surface area contributed by atoms with E-state index in [1.165, 1.54) is 11.3 Å². The zero-order valence-electron chi connectivity index (χ0n) is 15.0. The molecule has 1 heterocycles. The second-order valence-corrected chi connectivity index (χ2v) is 6.98. The van der Waals surface area contributed by atoms with Crippen molar-refractivity contribution in [3.8, 4) is 0 Å². The summed E-state index contributed by atoms with van der Waals surface area (Å²) < 4.78 is 5.18. The number of carbonyl (C=O) groups is 1. The van der Waals surface area contributed by atoms with Crippen LogP contribution in [0.4, 0.5) is 5.69 Å². The lowest BCUT2D eigenvalue weighted by Gasteiger charge is -2.37. The van der Waals surface area contributed by atoms with Crippen molar-refractivity contribution in [3.63, 3.8) is 0 Å². The Balaban J connectivity index is 1.96. The predicted octanol–water partition coefficient (Wildman–Crippen LogP) is 2.12. The van der Waals surface area contributed by atoms with Gasteiger partial charge in [-0.25, -0.2) is 0 Å². The molecule has 1 aromatic carbocycles. The summed E-state index contributed by atoms with van der Waals surface area (Å²) >= 11 is 0. The molecule has 1 amide bonds. The molecule has 134 valence electrons. The molecule has 2 atom stereocenters. The van der Waals surface area contributed by atoms with Crippen molar-refractivity contribution in [2.24, 2.45) is 0 Å². The van der Waals surface area contributed by atoms with Crippen LogP contribution < -0.4 is 10.2 Å². The molecule has 24 heavy (non-hydrogen) atoms. The topological polar surface area (TPSA) is 61.8 Å². The van der Waals surface area contributed by atoms with Crippen LogP contribution in [0, 0.1) is 0 Å². The van der Waals surface area contributed by atoms with Gasteiger partial charge in [0.2, 0.25) is 5.91 Å². The molecular weight excluding hydrogens is 304 g/mol. The second kappa shape index (κ2) is 8.49. The Bertz CT molecular complexity index is 541. The number of nitrogens with one attached hydrogen (secondary N) is 1. The van der Waals surface area contributed by atoms with Gasteiger partial charge in [-0.3, -0.25) is 4.79 Å². The first-order chi connectivity index (χ1) is 11.5. The molecule has 5 nitrogen and oxygen atoms in total. The Hall–Kier alpha value is -1.59. The Morgan fingerprint density at radius 1 is 1.46 bits per heavy atom. The number of aryl methyl sites for hydroxylation is 1. The Morgan fingerprint density at radius 3 is 2.92 bits per heavy atom. The smallest absolute Gasteiger partial charge is 0.222 e. The number of methoxy groups -OCH3 is 1. The number of rotatable bonds is 8. The number of hydrogen-bond acceptors (Lipinski definition) is 4. The van der Waals surface area contributed by atoms with Crippen molar-refractivity contribution >= 4 is 11.6 Å².